The van der Waals surface area contributed by atoms with Crippen molar-refractivity contribution in [2.24, 2.45) is 0 Å². The third kappa shape index (κ3) is 3.37. The Morgan fingerprint density at radius 2 is 2.17 bits per heavy atom. The molecule has 1 amide bonds. The molecule has 0 aliphatic carbocycles. The van der Waals surface area contributed by atoms with Gasteiger partial charge in [-0.3, -0.25) is 4.79 Å². The monoisotopic (exact) mass is 286 g/mol. The summed E-state index contributed by atoms with van der Waals surface area (Å²) in [6.07, 6.45) is 1.46. The Morgan fingerprint density at radius 3 is 2.78 bits per heavy atom. The van der Waals surface area contributed by atoms with E-state index in [1.165, 1.54) is 0 Å². The van der Waals surface area contributed by atoms with E-state index >= 15 is 0 Å². The SMILES string of the molecule is CC(NC1CCC(=O)NC1)c1ccc(Cl)c(Cl)c1. The molecule has 1 heterocycles. The molecule has 0 aromatic heterocycles. The van der Waals surface area contributed by atoms with E-state index in [9.17, 15) is 4.79 Å². The number of piperidine rings is 1. The number of carbonyl (C=O) groups is 1. The summed E-state index contributed by atoms with van der Waals surface area (Å²) in [4.78, 5) is 11.1. The Bertz CT molecular complexity index is 441. The normalized spacial score (nSPS) is 21.5. The average molecular weight is 287 g/mol. The molecule has 0 spiro atoms. The summed E-state index contributed by atoms with van der Waals surface area (Å²) in [5.74, 6) is 0.134. The molecule has 2 unspecified atom stereocenters. The predicted molar refractivity (Wildman–Crippen MR) is 74.0 cm³/mol. The van der Waals surface area contributed by atoms with Crippen LogP contribution in [0, 0.1) is 0 Å². The zero-order chi connectivity index (χ0) is 13.1. The summed E-state index contributed by atoms with van der Waals surface area (Å²) in [7, 11) is 0. The molecule has 2 N–H and O–H groups in total. The van der Waals surface area contributed by atoms with Crippen molar-refractivity contribution in [2.45, 2.75) is 31.8 Å². The maximum absolute atomic E-state index is 11.1. The molecule has 0 bridgehead atoms. The molecule has 2 rings (SSSR count). The van der Waals surface area contributed by atoms with Gasteiger partial charge < -0.3 is 10.6 Å². The first-order valence-corrected chi connectivity index (χ1v) is 6.79. The van der Waals surface area contributed by atoms with Crippen molar-refractivity contribution < 1.29 is 4.79 Å². The fourth-order valence-electron chi connectivity index (χ4n) is 2.11. The zero-order valence-corrected chi connectivity index (χ0v) is 11.7. The van der Waals surface area contributed by atoms with E-state index in [4.69, 9.17) is 23.2 Å². The molecular formula is C13H16Cl2N2O. The van der Waals surface area contributed by atoms with E-state index in [1.807, 2.05) is 12.1 Å². The highest BCUT2D eigenvalue weighted by atomic mass is 35.5. The highest BCUT2D eigenvalue weighted by Crippen LogP contribution is 2.26. The summed E-state index contributed by atoms with van der Waals surface area (Å²) in [6.45, 7) is 2.76. The van der Waals surface area contributed by atoms with Gasteiger partial charge in [0.05, 0.1) is 10.0 Å². The number of halogens is 2. The van der Waals surface area contributed by atoms with Crippen LogP contribution < -0.4 is 10.6 Å². The van der Waals surface area contributed by atoms with Crippen molar-refractivity contribution in [1.29, 1.82) is 0 Å². The molecule has 1 aromatic carbocycles. The Labute approximate surface area is 117 Å². The molecule has 1 fully saturated rings. The molecule has 3 nitrogen and oxygen atoms in total. The largest absolute Gasteiger partial charge is 0.355 e. The lowest BCUT2D eigenvalue weighted by atomic mass is 10.0. The number of carbonyl (C=O) groups excluding carboxylic acids is 1. The lowest BCUT2D eigenvalue weighted by Gasteiger charge is -2.27. The van der Waals surface area contributed by atoms with E-state index in [-0.39, 0.29) is 11.9 Å². The van der Waals surface area contributed by atoms with E-state index in [0.29, 0.717) is 29.1 Å². The summed E-state index contributed by atoms with van der Waals surface area (Å²) in [5, 5.41) is 7.48. The van der Waals surface area contributed by atoms with Gasteiger partial charge in [-0.15, -0.1) is 0 Å². The number of rotatable bonds is 3. The first-order chi connectivity index (χ1) is 8.56. The lowest BCUT2D eigenvalue weighted by molar-refractivity contribution is -0.122. The van der Waals surface area contributed by atoms with Gasteiger partial charge in [-0.25, -0.2) is 0 Å². The van der Waals surface area contributed by atoms with Crippen LogP contribution in [0.25, 0.3) is 0 Å². The molecular weight excluding hydrogens is 271 g/mol. The van der Waals surface area contributed by atoms with Crippen LogP contribution in [0.1, 0.15) is 31.4 Å². The summed E-state index contributed by atoms with van der Waals surface area (Å²) in [6, 6.07) is 6.14. The zero-order valence-electron chi connectivity index (χ0n) is 10.2. The molecule has 18 heavy (non-hydrogen) atoms. The molecule has 1 aromatic rings. The van der Waals surface area contributed by atoms with E-state index in [1.54, 1.807) is 6.07 Å². The second-order valence-corrected chi connectivity index (χ2v) is 5.42. The lowest BCUT2D eigenvalue weighted by Crippen LogP contribution is -2.46. The van der Waals surface area contributed by atoms with E-state index in [0.717, 1.165) is 12.0 Å². The van der Waals surface area contributed by atoms with Crippen molar-refractivity contribution in [3.8, 4) is 0 Å². The van der Waals surface area contributed by atoms with Crippen LogP contribution in [0.4, 0.5) is 0 Å². The minimum Gasteiger partial charge on any atom is -0.355 e. The maximum Gasteiger partial charge on any atom is 0.220 e. The second kappa shape index (κ2) is 5.91. The predicted octanol–water partition coefficient (Wildman–Crippen LogP) is 2.92. The van der Waals surface area contributed by atoms with Gasteiger partial charge in [-0.05, 0) is 31.0 Å². The van der Waals surface area contributed by atoms with E-state index in [2.05, 4.69) is 17.6 Å². The molecule has 1 aliphatic rings. The summed E-state index contributed by atoms with van der Waals surface area (Å²) in [5.41, 5.74) is 1.10. The van der Waals surface area contributed by atoms with Gasteiger partial charge >= 0.3 is 0 Å². The summed E-state index contributed by atoms with van der Waals surface area (Å²) < 4.78 is 0. The molecule has 1 aliphatic heterocycles. The van der Waals surface area contributed by atoms with Crippen LogP contribution in [0.2, 0.25) is 10.0 Å². The van der Waals surface area contributed by atoms with Crippen LogP contribution in [0.3, 0.4) is 0 Å². The molecule has 0 saturated carbocycles. The molecule has 2 atom stereocenters. The highest BCUT2D eigenvalue weighted by molar-refractivity contribution is 6.42. The third-order valence-electron chi connectivity index (χ3n) is 3.19. The van der Waals surface area contributed by atoms with Crippen molar-refractivity contribution in [2.75, 3.05) is 6.54 Å². The van der Waals surface area contributed by atoms with Gasteiger partial charge in [0.2, 0.25) is 5.91 Å². The fraction of sp³-hybridized carbons (Fsp3) is 0.462. The van der Waals surface area contributed by atoms with Gasteiger partial charge in [-0.1, -0.05) is 29.3 Å². The highest BCUT2D eigenvalue weighted by Gasteiger charge is 2.19. The average Bonchev–Trinajstić information content (AvgIpc) is 2.35. The maximum atomic E-state index is 11.1. The minimum absolute atomic E-state index is 0.134. The second-order valence-electron chi connectivity index (χ2n) is 4.60. The van der Waals surface area contributed by atoms with E-state index < -0.39 is 0 Å². The van der Waals surface area contributed by atoms with Crippen molar-refractivity contribution >= 4 is 29.1 Å². The number of nitrogens with one attached hydrogen (secondary N) is 2. The van der Waals surface area contributed by atoms with Crippen molar-refractivity contribution in [3.63, 3.8) is 0 Å². The Kier molecular flexibility index (Phi) is 4.49. The number of hydrogen-bond acceptors (Lipinski definition) is 2. The first kappa shape index (κ1) is 13.7. The first-order valence-electron chi connectivity index (χ1n) is 6.04. The molecule has 1 saturated heterocycles. The number of benzene rings is 1. The topological polar surface area (TPSA) is 41.1 Å². The van der Waals surface area contributed by atoms with Gasteiger partial charge in [0.1, 0.15) is 0 Å². The van der Waals surface area contributed by atoms with Gasteiger partial charge in [-0.2, -0.15) is 0 Å². The molecule has 0 radical (unpaired) electrons. The number of amides is 1. The number of hydrogen-bond donors (Lipinski definition) is 2. The van der Waals surface area contributed by atoms with Crippen LogP contribution in [-0.2, 0) is 4.79 Å². The van der Waals surface area contributed by atoms with Crippen molar-refractivity contribution in [3.05, 3.63) is 33.8 Å². The van der Waals surface area contributed by atoms with Gasteiger partial charge in [0.25, 0.3) is 0 Å². The molecule has 98 valence electrons. The minimum atomic E-state index is 0.134. The van der Waals surface area contributed by atoms with Crippen LogP contribution >= 0.6 is 23.2 Å². The van der Waals surface area contributed by atoms with Gasteiger partial charge in [0, 0.05) is 25.0 Å². The fourth-order valence-corrected chi connectivity index (χ4v) is 2.41. The van der Waals surface area contributed by atoms with Crippen LogP contribution in [0.15, 0.2) is 18.2 Å². The van der Waals surface area contributed by atoms with Crippen molar-refractivity contribution in [1.82, 2.24) is 10.6 Å². The standard InChI is InChI=1S/C13H16Cl2N2O/c1-8(9-2-4-11(14)12(15)6-9)17-10-3-5-13(18)16-7-10/h2,4,6,8,10,17H,3,5,7H2,1H3,(H,16,18). The third-order valence-corrected chi connectivity index (χ3v) is 3.93. The smallest absolute Gasteiger partial charge is 0.220 e. The summed E-state index contributed by atoms with van der Waals surface area (Å²) >= 11 is 11.9. The Hall–Kier alpha value is -0.770. The quantitative estimate of drug-likeness (QED) is 0.897. The van der Waals surface area contributed by atoms with Crippen LogP contribution in [0.5, 0.6) is 0 Å². The van der Waals surface area contributed by atoms with Gasteiger partial charge in [0.15, 0.2) is 0 Å². The Balaban J connectivity index is 1.96. The Morgan fingerprint density at radius 1 is 1.39 bits per heavy atom. The van der Waals surface area contributed by atoms with Crippen LogP contribution in [-0.4, -0.2) is 18.5 Å². The molecule has 5 heteroatoms.